The number of nitrogens with zero attached hydrogens (tertiary/aromatic N) is 2. The average molecular weight is 309 g/mol. The van der Waals surface area contributed by atoms with Gasteiger partial charge in [-0.1, -0.05) is 25.0 Å². The highest BCUT2D eigenvalue weighted by Gasteiger charge is 2.42. The molecule has 0 unspecified atom stereocenters. The van der Waals surface area contributed by atoms with Crippen molar-refractivity contribution in [3.63, 3.8) is 0 Å². The highest BCUT2D eigenvalue weighted by atomic mass is 16.1. The van der Waals surface area contributed by atoms with Crippen LogP contribution in [0.2, 0.25) is 0 Å². The second kappa shape index (κ2) is 6.19. The molecule has 2 aromatic rings. The van der Waals surface area contributed by atoms with Crippen LogP contribution in [0.3, 0.4) is 0 Å². The molecular weight excluding hydrogens is 286 g/mol. The molecule has 1 aromatic heterocycles. The number of amides is 1. The molecular formula is C19H23N3O. The van der Waals surface area contributed by atoms with Crippen LogP contribution in [0.5, 0.6) is 0 Å². The lowest BCUT2D eigenvalue weighted by atomic mass is 9.91. The number of aromatic nitrogens is 2. The molecule has 1 N–H and O–H groups in total. The lowest BCUT2D eigenvalue weighted by Gasteiger charge is -2.18. The highest BCUT2D eigenvalue weighted by Crippen LogP contribution is 2.47. The van der Waals surface area contributed by atoms with Crippen LogP contribution in [0.4, 0.5) is 0 Å². The monoisotopic (exact) mass is 309 g/mol. The SMILES string of the molecule is O=C(NCc1ccc(-n2cccn2)cc1)[C@H]1CC[C@@H]2CCC[C@@H]21. The first kappa shape index (κ1) is 14.5. The van der Waals surface area contributed by atoms with Crippen molar-refractivity contribution in [2.75, 3.05) is 0 Å². The molecule has 1 heterocycles. The molecule has 2 saturated carbocycles. The van der Waals surface area contributed by atoms with Gasteiger partial charge in [0.2, 0.25) is 5.91 Å². The molecule has 4 nitrogen and oxygen atoms in total. The van der Waals surface area contributed by atoms with Gasteiger partial charge in [0.1, 0.15) is 0 Å². The van der Waals surface area contributed by atoms with Crippen LogP contribution in [-0.4, -0.2) is 15.7 Å². The molecule has 0 saturated heterocycles. The topological polar surface area (TPSA) is 46.9 Å². The third-order valence-corrected chi connectivity index (χ3v) is 5.59. The lowest BCUT2D eigenvalue weighted by molar-refractivity contribution is -0.126. The van der Waals surface area contributed by atoms with Gasteiger partial charge in [-0.15, -0.1) is 0 Å². The number of carbonyl (C=O) groups is 1. The summed E-state index contributed by atoms with van der Waals surface area (Å²) in [7, 11) is 0. The van der Waals surface area contributed by atoms with E-state index in [9.17, 15) is 4.79 Å². The van der Waals surface area contributed by atoms with Crippen molar-refractivity contribution in [1.29, 1.82) is 0 Å². The number of fused-ring (bicyclic) bond motifs is 1. The van der Waals surface area contributed by atoms with Crippen molar-refractivity contribution in [2.24, 2.45) is 17.8 Å². The minimum Gasteiger partial charge on any atom is -0.352 e. The average Bonchev–Trinajstić information content (AvgIpc) is 3.29. The Morgan fingerprint density at radius 2 is 2.04 bits per heavy atom. The summed E-state index contributed by atoms with van der Waals surface area (Å²) >= 11 is 0. The molecule has 2 aliphatic carbocycles. The maximum Gasteiger partial charge on any atom is 0.223 e. The van der Waals surface area contributed by atoms with Crippen LogP contribution in [0.25, 0.3) is 5.69 Å². The Bertz CT molecular complexity index is 662. The van der Waals surface area contributed by atoms with Crippen LogP contribution >= 0.6 is 0 Å². The first-order chi connectivity index (χ1) is 11.3. The van der Waals surface area contributed by atoms with Crippen LogP contribution in [0.1, 0.15) is 37.7 Å². The van der Waals surface area contributed by atoms with Crippen LogP contribution in [0.15, 0.2) is 42.7 Å². The van der Waals surface area contributed by atoms with E-state index in [1.165, 1.54) is 25.7 Å². The zero-order valence-corrected chi connectivity index (χ0v) is 13.3. The Hall–Kier alpha value is -2.10. The number of rotatable bonds is 4. The molecule has 1 amide bonds. The smallest absolute Gasteiger partial charge is 0.223 e. The van der Waals surface area contributed by atoms with Crippen molar-refractivity contribution >= 4 is 5.91 Å². The number of hydrogen-bond donors (Lipinski definition) is 1. The number of carbonyl (C=O) groups excluding carboxylic acids is 1. The maximum atomic E-state index is 12.5. The zero-order chi connectivity index (χ0) is 15.6. The highest BCUT2D eigenvalue weighted by molar-refractivity contribution is 5.79. The molecule has 1 aromatic carbocycles. The minimum absolute atomic E-state index is 0.255. The summed E-state index contributed by atoms with van der Waals surface area (Å²) in [6, 6.07) is 10.1. The Balaban J connectivity index is 1.35. The second-order valence-corrected chi connectivity index (χ2v) is 6.87. The van der Waals surface area contributed by atoms with Crippen molar-refractivity contribution in [2.45, 2.75) is 38.6 Å². The van der Waals surface area contributed by atoms with Crippen LogP contribution < -0.4 is 5.32 Å². The normalized spacial score (nSPS) is 26.2. The molecule has 0 bridgehead atoms. The molecule has 0 radical (unpaired) electrons. The molecule has 120 valence electrons. The molecule has 2 fully saturated rings. The summed E-state index contributed by atoms with van der Waals surface area (Å²) < 4.78 is 1.83. The summed E-state index contributed by atoms with van der Waals surface area (Å²) in [6.07, 6.45) is 9.93. The predicted octanol–water partition coefficient (Wildman–Crippen LogP) is 3.31. The van der Waals surface area contributed by atoms with Crippen molar-refractivity contribution in [3.05, 3.63) is 48.3 Å². The van der Waals surface area contributed by atoms with Gasteiger partial charge in [-0.05, 0) is 54.9 Å². The van der Waals surface area contributed by atoms with Crippen molar-refractivity contribution in [1.82, 2.24) is 15.1 Å². The summed E-state index contributed by atoms with van der Waals surface area (Å²) in [6.45, 7) is 0.617. The zero-order valence-electron chi connectivity index (χ0n) is 13.3. The van der Waals surface area contributed by atoms with E-state index in [2.05, 4.69) is 22.5 Å². The summed E-state index contributed by atoms with van der Waals surface area (Å²) in [5.74, 6) is 1.98. The van der Waals surface area contributed by atoms with Gasteiger partial charge >= 0.3 is 0 Å². The standard InChI is InChI=1S/C19H23N3O/c23-19(18-10-7-15-3-1-4-17(15)18)20-13-14-5-8-16(9-6-14)22-12-2-11-21-22/h2,5-6,8-9,11-12,15,17-18H,1,3-4,7,10,13H2,(H,20,23)/t15-,17-,18-/m0/s1. The van der Waals surface area contributed by atoms with Gasteiger partial charge in [0.05, 0.1) is 5.69 Å². The fourth-order valence-corrected chi connectivity index (χ4v) is 4.40. The Kier molecular flexibility index (Phi) is 3.90. The van der Waals surface area contributed by atoms with Gasteiger partial charge in [0.25, 0.3) is 0 Å². The van der Waals surface area contributed by atoms with Gasteiger partial charge in [0, 0.05) is 24.9 Å². The summed E-state index contributed by atoms with van der Waals surface area (Å²) in [5.41, 5.74) is 2.17. The van der Waals surface area contributed by atoms with Gasteiger partial charge in [-0.25, -0.2) is 4.68 Å². The van der Waals surface area contributed by atoms with Gasteiger partial charge < -0.3 is 5.32 Å². The van der Waals surface area contributed by atoms with E-state index in [-0.39, 0.29) is 11.8 Å². The molecule has 0 spiro atoms. The molecule has 0 aliphatic heterocycles. The third-order valence-electron chi connectivity index (χ3n) is 5.59. The van der Waals surface area contributed by atoms with Crippen LogP contribution in [0, 0.1) is 17.8 Å². The van der Waals surface area contributed by atoms with E-state index < -0.39 is 0 Å². The van der Waals surface area contributed by atoms with Gasteiger partial charge in [-0.3, -0.25) is 4.79 Å². The molecule has 23 heavy (non-hydrogen) atoms. The predicted molar refractivity (Wildman–Crippen MR) is 89.0 cm³/mol. The van der Waals surface area contributed by atoms with Crippen molar-refractivity contribution in [3.8, 4) is 5.69 Å². The van der Waals surface area contributed by atoms with E-state index in [1.807, 2.05) is 29.1 Å². The van der Waals surface area contributed by atoms with E-state index in [1.54, 1.807) is 6.20 Å². The fraction of sp³-hybridized carbons (Fsp3) is 0.474. The van der Waals surface area contributed by atoms with Gasteiger partial charge in [0.15, 0.2) is 0 Å². The second-order valence-electron chi connectivity index (χ2n) is 6.87. The van der Waals surface area contributed by atoms with E-state index >= 15 is 0 Å². The van der Waals surface area contributed by atoms with Gasteiger partial charge in [-0.2, -0.15) is 5.10 Å². The third kappa shape index (κ3) is 2.90. The number of hydrogen-bond acceptors (Lipinski definition) is 2. The maximum absolute atomic E-state index is 12.5. The quantitative estimate of drug-likeness (QED) is 0.942. The summed E-state index contributed by atoms with van der Waals surface area (Å²) in [4.78, 5) is 12.5. The van der Waals surface area contributed by atoms with E-state index in [4.69, 9.17) is 0 Å². The first-order valence-corrected chi connectivity index (χ1v) is 8.68. The minimum atomic E-state index is 0.255. The Morgan fingerprint density at radius 1 is 1.17 bits per heavy atom. The molecule has 4 heteroatoms. The van der Waals surface area contributed by atoms with Crippen molar-refractivity contribution < 1.29 is 4.79 Å². The first-order valence-electron chi connectivity index (χ1n) is 8.68. The van der Waals surface area contributed by atoms with Crippen LogP contribution in [-0.2, 0) is 11.3 Å². The molecule has 4 rings (SSSR count). The van der Waals surface area contributed by atoms with E-state index in [0.717, 1.165) is 23.6 Å². The summed E-state index contributed by atoms with van der Waals surface area (Å²) in [5, 5.41) is 7.37. The van der Waals surface area contributed by atoms with E-state index in [0.29, 0.717) is 12.5 Å². The molecule has 3 atom stereocenters. The molecule has 2 aliphatic rings. The Labute approximate surface area is 136 Å². The largest absolute Gasteiger partial charge is 0.352 e. The fourth-order valence-electron chi connectivity index (χ4n) is 4.40. The number of nitrogens with one attached hydrogen (secondary N) is 1. The number of benzene rings is 1. The Morgan fingerprint density at radius 3 is 2.83 bits per heavy atom. The lowest BCUT2D eigenvalue weighted by Crippen LogP contribution is -2.32.